The first-order chi connectivity index (χ1) is 7.88. The Morgan fingerprint density at radius 2 is 2.31 bits per heavy atom. The van der Waals surface area contributed by atoms with E-state index in [1.165, 1.54) is 0 Å². The van der Waals surface area contributed by atoms with Gasteiger partial charge < -0.3 is 14.6 Å². The highest BCUT2D eigenvalue weighted by Gasteiger charge is 1.99. The second kappa shape index (κ2) is 5.16. The summed E-state index contributed by atoms with van der Waals surface area (Å²) in [6, 6.07) is 7.39. The minimum absolute atomic E-state index is 0.558. The molecule has 0 spiro atoms. The fourth-order valence-electron chi connectivity index (χ4n) is 1.25. The summed E-state index contributed by atoms with van der Waals surface area (Å²) in [5.74, 6) is 2.14. The first kappa shape index (κ1) is 10.5. The zero-order chi connectivity index (χ0) is 11.2. The van der Waals surface area contributed by atoms with Crippen LogP contribution in [0, 0.1) is 0 Å². The van der Waals surface area contributed by atoms with Gasteiger partial charge in [-0.1, -0.05) is 11.2 Å². The average Bonchev–Trinajstić information content (AvgIpc) is 2.80. The predicted molar refractivity (Wildman–Crippen MR) is 59.2 cm³/mol. The molecule has 5 nitrogen and oxygen atoms in total. The zero-order valence-corrected chi connectivity index (χ0v) is 9.01. The fourth-order valence-corrected chi connectivity index (χ4v) is 1.25. The monoisotopic (exact) mass is 219 g/mol. The average molecular weight is 219 g/mol. The van der Waals surface area contributed by atoms with E-state index in [4.69, 9.17) is 9.26 Å². The van der Waals surface area contributed by atoms with Crippen LogP contribution < -0.4 is 10.1 Å². The Morgan fingerprint density at radius 1 is 1.38 bits per heavy atom. The van der Waals surface area contributed by atoms with Gasteiger partial charge in [0.25, 0.3) is 0 Å². The van der Waals surface area contributed by atoms with E-state index in [1.54, 1.807) is 12.3 Å². The minimum Gasteiger partial charge on any atom is -0.478 e. The van der Waals surface area contributed by atoms with Crippen molar-refractivity contribution in [3.63, 3.8) is 0 Å². The lowest BCUT2D eigenvalue weighted by Crippen LogP contribution is -2.02. The summed E-state index contributed by atoms with van der Waals surface area (Å²) in [6.07, 6.45) is 1.61. The lowest BCUT2D eigenvalue weighted by molar-refractivity contribution is 0.327. The summed E-state index contributed by atoms with van der Waals surface area (Å²) in [5.41, 5.74) is 0. The second-order valence-electron chi connectivity index (χ2n) is 3.13. The molecular weight excluding hydrogens is 206 g/mol. The molecule has 0 bridgehead atoms. The lowest BCUT2D eigenvalue weighted by atomic mass is 10.4. The summed E-state index contributed by atoms with van der Waals surface area (Å²) in [6.45, 7) is 3.09. The van der Waals surface area contributed by atoms with Crippen LogP contribution in [0.25, 0.3) is 0 Å². The quantitative estimate of drug-likeness (QED) is 0.834. The molecule has 0 radical (unpaired) electrons. The zero-order valence-electron chi connectivity index (χ0n) is 9.01. The molecule has 0 unspecified atom stereocenters. The largest absolute Gasteiger partial charge is 0.478 e. The first-order valence-corrected chi connectivity index (χ1v) is 5.12. The van der Waals surface area contributed by atoms with Gasteiger partial charge in [-0.3, -0.25) is 0 Å². The van der Waals surface area contributed by atoms with Crippen LogP contribution in [0.1, 0.15) is 12.7 Å². The van der Waals surface area contributed by atoms with Crippen LogP contribution >= 0.6 is 0 Å². The van der Waals surface area contributed by atoms with E-state index in [-0.39, 0.29) is 0 Å². The molecule has 0 saturated carbocycles. The van der Waals surface area contributed by atoms with Crippen molar-refractivity contribution in [2.45, 2.75) is 13.5 Å². The number of hydrogen-bond donors (Lipinski definition) is 1. The molecule has 2 aromatic heterocycles. The van der Waals surface area contributed by atoms with Crippen molar-refractivity contribution in [3.8, 4) is 5.88 Å². The van der Waals surface area contributed by atoms with Crippen LogP contribution in [-0.4, -0.2) is 16.7 Å². The second-order valence-corrected chi connectivity index (χ2v) is 3.13. The van der Waals surface area contributed by atoms with Crippen LogP contribution in [0.2, 0.25) is 0 Å². The first-order valence-electron chi connectivity index (χ1n) is 5.12. The Bertz CT molecular complexity index is 429. The molecule has 2 aromatic rings. The topological polar surface area (TPSA) is 60.2 Å². The van der Waals surface area contributed by atoms with E-state index < -0.39 is 0 Å². The van der Waals surface area contributed by atoms with Crippen molar-refractivity contribution >= 4 is 5.82 Å². The van der Waals surface area contributed by atoms with E-state index in [0.29, 0.717) is 19.0 Å². The Labute approximate surface area is 93.4 Å². The van der Waals surface area contributed by atoms with Crippen LogP contribution in [0.15, 0.2) is 35.0 Å². The molecule has 0 saturated heterocycles. The van der Waals surface area contributed by atoms with E-state index in [1.807, 2.05) is 25.1 Å². The third kappa shape index (κ3) is 2.73. The minimum atomic E-state index is 0.558. The molecule has 0 aromatic carbocycles. The number of nitrogens with zero attached hydrogens (tertiary/aromatic N) is 2. The molecule has 5 heteroatoms. The van der Waals surface area contributed by atoms with Gasteiger partial charge in [-0.15, -0.1) is 0 Å². The van der Waals surface area contributed by atoms with Crippen molar-refractivity contribution in [1.82, 2.24) is 10.1 Å². The third-order valence-corrected chi connectivity index (χ3v) is 1.95. The molecule has 2 heterocycles. The molecule has 0 aliphatic carbocycles. The number of aromatic nitrogens is 2. The molecule has 0 fully saturated rings. The Hall–Kier alpha value is -2.04. The molecule has 16 heavy (non-hydrogen) atoms. The number of pyridine rings is 1. The van der Waals surface area contributed by atoms with Gasteiger partial charge in [0, 0.05) is 12.1 Å². The number of anilines is 1. The van der Waals surface area contributed by atoms with Crippen molar-refractivity contribution in [1.29, 1.82) is 0 Å². The van der Waals surface area contributed by atoms with E-state index in [9.17, 15) is 0 Å². The summed E-state index contributed by atoms with van der Waals surface area (Å²) in [4.78, 5) is 4.27. The number of rotatable bonds is 5. The van der Waals surface area contributed by atoms with Crippen molar-refractivity contribution < 1.29 is 9.26 Å². The SMILES string of the molecule is CCOc1cccc(NCc2ccno2)n1. The van der Waals surface area contributed by atoms with Crippen molar-refractivity contribution in [3.05, 3.63) is 36.2 Å². The summed E-state index contributed by atoms with van der Waals surface area (Å²) in [5, 5.41) is 6.74. The number of hydrogen-bond acceptors (Lipinski definition) is 5. The molecule has 0 amide bonds. The summed E-state index contributed by atoms with van der Waals surface area (Å²) >= 11 is 0. The molecule has 0 atom stereocenters. The fraction of sp³-hybridized carbons (Fsp3) is 0.273. The highest BCUT2D eigenvalue weighted by atomic mass is 16.5. The van der Waals surface area contributed by atoms with Crippen molar-refractivity contribution in [2.75, 3.05) is 11.9 Å². The van der Waals surface area contributed by atoms with E-state index in [0.717, 1.165) is 11.6 Å². The van der Waals surface area contributed by atoms with Crippen molar-refractivity contribution in [2.24, 2.45) is 0 Å². The van der Waals surface area contributed by atoms with Crippen LogP contribution in [0.5, 0.6) is 5.88 Å². The lowest BCUT2D eigenvalue weighted by Gasteiger charge is -2.05. The Balaban J connectivity index is 1.96. The van der Waals surface area contributed by atoms with Gasteiger partial charge in [-0.2, -0.15) is 4.98 Å². The Kier molecular flexibility index (Phi) is 3.38. The van der Waals surface area contributed by atoms with Gasteiger partial charge >= 0.3 is 0 Å². The van der Waals surface area contributed by atoms with E-state index in [2.05, 4.69) is 15.5 Å². The maximum atomic E-state index is 5.30. The van der Waals surface area contributed by atoms with Crippen LogP contribution in [0.3, 0.4) is 0 Å². The van der Waals surface area contributed by atoms with Gasteiger partial charge in [0.05, 0.1) is 19.3 Å². The molecule has 1 N–H and O–H groups in total. The normalized spacial score (nSPS) is 10.1. The maximum absolute atomic E-state index is 5.30. The summed E-state index contributed by atoms with van der Waals surface area (Å²) < 4.78 is 10.3. The van der Waals surface area contributed by atoms with Crippen LogP contribution in [0.4, 0.5) is 5.82 Å². The predicted octanol–water partition coefficient (Wildman–Crippen LogP) is 2.08. The summed E-state index contributed by atoms with van der Waals surface area (Å²) in [7, 11) is 0. The smallest absolute Gasteiger partial charge is 0.215 e. The molecule has 0 aliphatic heterocycles. The van der Waals surface area contributed by atoms with Gasteiger partial charge in [0.1, 0.15) is 5.82 Å². The Morgan fingerprint density at radius 3 is 3.06 bits per heavy atom. The molecular formula is C11H13N3O2. The highest BCUT2D eigenvalue weighted by molar-refractivity contribution is 5.37. The van der Waals surface area contributed by atoms with Gasteiger partial charge in [-0.25, -0.2) is 0 Å². The number of ether oxygens (including phenoxy) is 1. The number of nitrogens with one attached hydrogen (secondary N) is 1. The van der Waals surface area contributed by atoms with Gasteiger partial charge in [0.15, 0.2) is 5.76 Å². The van der Waals surface area contributed by atoms with Crippen LogP contribution in [-0.2, 0) is 6.54 Å². The highest BCUT2D eigenvalue weighted by Crippen LogP contribution is 2.12. The maximum Gasteiger partial charge on any atom is 0.215 e. The van der Waals surface area contributed by atoms with Gasteiger partial charge in [0.2, 0.25) is 5.88 Å². The molecule has 2 rings (SSSR count). The van der Waals surface area contributed by atoms with E-state index >= 15 is 0 Å². The molecule has 0 aliphatic rings. The van der Waals surface area contributed by atoms with Gasteiger partial charge in [-0.05, 0) is 13.0 Å². The molecule has 84 valence electrons. The third-order valence-electron chi connectivity index (χ3n) is 1.95. The standard InChI is InChI=1S/C11H13N3O2/c1-2-15-11-5-3-4-10(14-11)12-8-9-6-7-13-16-9/h3-7H,2,8H2,1H3,(H,12,14).